The fourth-order valence-corrected chi connectivity index (χ4v) is 1.64. The monoisotopic (exact) mass is 240 g/mol. The third kappa shape index (κ3) is 3.42. The molecule has 0 fully saturated rings. The lowest BCUT2D eigenvalue weighted by atomic mass is 10.1. The molecule has 1 amide bonds. The molecular formula is C12H17ClN2O. The van der Waals surface area contributed by atoms with Crippen molar-refractivity contribution in [2.45, 2.75) is 26.3 Å². The molecule has 88 valence electrons. The van der Waals surface area contributed by atoms with E-state index in [-0.39, 0.29) is 11.9 Å². The maximum atomic E-state index is 11.2. The van der Waals surface area contributed by atoms with E-state index >= 15 is 0 Å². The first-order valence-corrected chi connectivity index (χ1v) is 5.64. The summed E-state index contributed by atoms with van der Waals surface area (Å²) in [7, 11) is 1.63. The molecule has 1 atom stereocenters. The van der Waals surface area contributed by atoms with Gasteiger partial charge in [-0.1, -0.05) is 23.7 Å². The van der Waals surface area contributed by atoms with Crippen molar-refractivity contribution in [2.24, 2.45) is 0 Å². The summed E-state index contributed by atoms with van der Waals surface area (Å²) in [4.78, 5) is 11.2. The first-order valence-electron chi connectivity index (χ1n) is 5.26. The number of carbonyl (C=O) groups excluding carboxylic acids is 1. The van der Waals surface area contributed by atoms with Crippen LogP contribution in [0.15, 0.2) is 18.2 Å². The van der Waals surface area contributed by atoms with E-state index in [0.29, 0.717) is 11.4 Å². The van der Waals surface area contributed by atoms with Gasteiger partial charge in [0.15, 0.2) is 0 Å². The highest BCUT2D eigenvalue weighted by Crippen LogP contribution is 2.25. The van der Waals surface area contributed by atoms with Gasteiger partial charge in [-0.25, -0.2) is 0 Å². The Balaban J connectivity index is 2.66. The van der Waals surface area contributed by atoms with Crippen LogP contribution in [0.2, 0.25) is 5.02 Å². The second kappa shape index (κ2) is 5.75. The van der Waals surface area contributed by atoms with E-state index in [1.807, 2.05) is 32.0 Å². The van der Waals surface area contributed by atoms with Crippen LogP contribution in [0.4, 0.5) is 5.69 Å². The van der Waals surface area contributed by atoms with Gasteiger partial charge in [-0.3, -0.25) is 4.79 Å². The van der Waals surface area contributed by atoms with Gasteiger partial charge in [0.25, 0.3) is 0 Å². The number of halogens is 1. The number of aryl methyl sites for hydroxylation is 1. The van der Waals surface area contributed by atoms with Crippen LogP contribution in [0.3, 0.4) is 0 Å². The predicted molar refractivity (Wildman–Crippen MR) is 68.0 cm³/mol. The van der Waals surface area contributed by atoms with E-state index in [1.54, 1.807) is 7.05 Å². The summed E-state index contributed by atoms with van der Waals surface area (Å²) in [5.74, 6) is 0.0174. The van der Waals surface area contributed by atoms with Crippen molar-refractivity contribution >= 4 is 23.2 Å². The third-order valence-electron chi connectivity index (χ3n) is 2.36. The number of nitrogens with one attached hydrogen (secondary N) is 2. The van der Waals surface area contributed by atoms with Gasteiger partial charge in [0.2, 0.25) is 5.91 Å². The lowest BCUT2D eigenvalue weighted by molar-refractivity contribution is -0.120. The Bertz CT molecular complexity index is 379. The summed E-state index contributed by atoms with van der Waals surface area (Å²) < 4.78 is 0. The molecule has 0 bridgehead atoms. The maximum absolute atomic E-state index is 11.2. The molecule has 0 aliphatic carbocycles. The normalized spacial score (nSPS) is 12.0. The average Bonchev–Trinajstić information content (AvgIpc) is 2.24. The molecule has 0 aliphatic heterocycles. The summed E-state index contributed by atoms with van der Waals surface area (Å²) in [5.41, 5.74) is 1.90. The molecule has 0 aliphatic rings. The van der Waals surface area contributed by atoms with E-state index in [4.69, 9.17) is 11.6 Å². The Morgan fingerprint density at radius 2 is 2.19 bits per heavy atom. The van der Waals surface area contributed by atoms with Crippen LogP contribution < -0.4 is 10.6 Å². The molecule has 4 heteroatoms. The lowest BCUT2D eigenvalue weighted by Crippen LogP contribution is -2.26. The molecule has 3 nitrogen and oxygen atoms in total. The second-order valence-electron chi connectivity index (χ2n) is 3.86. The SMILES string of the molecule is CNC(=O)CC(C)Nc1cccc(C)c1Cl. The molecular weight excluding hydrogens is 224 g/mol. The van der Waals surface area contributed by atoms with Crippen molar-refractivity contribution in [2.75, 3.05) is 12.4 Å². The van der Waals surface area contributed by atoms with Gasteiger partial charge >= 0.3 is 0 Å². The molecule has 0 saturated heterocycles. The van der Waals surface area contributed by atoms with Gasteiger partial charge in [-0.15, -0.1) is 0 Å². The minimum Gasteiger partial charge on any atom is -0.381 e. The Morgan fingerprint density at radius 1 is 1.50 bits per heavy atom. The van der Waals surface area contributed by atoms with Crippen LogP contribution in [-0.2, 0) is 4.79 Å². The van der Waals surface area contributed by atoms with Gasteiger partial charge in [0.1, 0.15) is 0 Å². The topological polar surface area (TPSA) is 41.1 Å². The average molecular weight is 241 g/mol. The third-order valence-corrected chi connectivity index (χ3v) is 2.87. The predicted octanol–water partition coefficient (Wildman–Crippen LogP) is 2.58. The highest BCUT2D eigenvalue weighted by molar-refractivity contribution is 6.34. The van der Waals surface area contributed by atoms with Crippen molar-refractivity contribution in [1.29, 1.82) is 0 Å². The molecule has 0 saturated carbocycles. The number of anilines is 1. The molecule has 1 aromatic carbocycles. The van der Waals surface area contributed by atoms with E-state index < -0.39 is 0 Å². The van der Waals surface area contributed by atoms with Crippen LogP contribution in [0, 0.1) is 6.92 Å². The highest BCUT2D eigenvalue weighted by atomic mass is 35.5. The van der Waals surface area contributed by atoms with Crippen LogP contribution in [0.5, 0.6) is 0 Å². The van der Waals surface area contributed by atoms with E-state index in [2.05, 4.69) is 10.6 Å². The zero-order chi connectivity index (χ0) is 12.1. The molecule has 0 radical (unpaired) electrons. The van der Waals surface area contributed by atoms with Crippen LogP contribution in [0.1, 0.15) is 18.9 Å². The van der Waals surface area contributed by atoms with E-state index in [9.17, 15) is 4.79 Å². The fraction of sp³-hybridized carbons (Fsp3) is 0.417. The smallest absolute Gasteiger partial charge is 0.221 e. The van der Waals surface area contributed by atoms with E-state index in [0.717, 1.165) is 11.3 Å². The van der Waals surface area contributed by atoms with E-state index in [1.165, 1.54) is 0 Å². The Kier molecular flexibility index (Phi) is 4.62. The molecule has 2 N–H and O–H groups in total. The molecule has 1 rings (SSSR count). The summed E-state index contributed by atoms with van der Waals surface area (Å²) >= 11 is 6.14. The number of hydrogen-bond acceptors (Lipinski definition) is 2. The number of benzene rings is 1. The zero-order valence-corrected chi connectivity index (χ0v) is 10.6. The van der Waals surface area contributed by atoms with Crippen LogP contribution in [0.25, 0.3) is 0 Å². The highest BCUT2D eigenvalue weighted by Gasteiger charge is 2.09. The van der Waals surface area contributed by atoms with Crippen molar-refractivity contribution < 1.29 is 4.79 Å². The quantitative estimate of drug-likeness (QED) is 0.850. The number of amides is 1. The van der Waals surface area contributed by atoms with Gasteiger partial charge in [0.05, 0.1) is 10.7 Å². The minimum atomic E-state index is 0.0174. The fourth-order valence-electron chi connectivity index (χ4n) is 1.46. The summed E-state index contributed by atoms with van der Waals surface area (Å²) in [5, 5.41) is 6.53. The zero-order valence-electron chi connectivity index (χ0n) is 9.80. The van der Waals surface area contributed by atoms with Crippen molar-refractivity contribution in [3.05, 3.63) is 28.8 Å². The molecule has 1 unspecified atom stereocenters. The van der Waals surface area contributed by atoms with Gasteiger partial charge in [0, 0.05) is 19.5 Å². The summed E-state index contributed by atoms with van der Waals surface area (Å²) in [6.07, 6.45) is 0.431. The number of carbonyl (C=O) groups is 1. The van der Waals surface area contributed by atoms with Crippen molar-refractivity contribution in [3.8, 4) is 0 Å². The van der Waals surface area contributed by atoms with Gasteiger partial charge in [-0.05, 0) is 25.5 Å². The van der Waals surface area contributed by atoms with Gasteiger partial charge in [-0.2, -0.15) is 0 Å². The van der Waals surface area contributed by atoms with Crippen molar-refractivity contribution in [1.82, 2.24) is 5.32 Å². The van der Waals surface area contributed by atoms with Crippen LogP contribution in [-0.4, -0.2) is 19.0 Å². The molecule has 0 spiro atoms. The first kappa shape index (κ1) is 12.8. The Labute approximate surface area is 101 Å². The lowest BCUT2D eigenvalue weighted by Gasteiger charge is -2.16. The molecule has 0 heterocycles. The van der Waals surface area contributed by atoms with Crippen LogP contribution >= 0.6 is 11.6 Å². The summed E-state index contributed by atoms with van der Waals surface area (Å²) in [6, 6.07) is 5.86. The molecule has 1 aromatic rings. The number of hydrogen-bond donors (Lipinski definition) is 2. The number of rotatable bonds is 4. The Morgan fingerprint density at radius 3 is 2.81 bits per heavy atom. The van der Waals surface area contributed by atoms with Gasteiger partial charge < -0.3 is 10.6 Å². The first-order chi connectivity index (χ1) is 7.54. The maximum Gasteiger partial charge on any atom is 0.221 e. The second-order valence-corrected chi connectivity index (χ2v) is 4.24. The molecule has 16 heavy (non-hydrogen) atoms. The standard InChI is InChI=1S/C12H17ClN2O/c1-8-5-4-6-10(12(8)13)15-9(2)7-11(16)14-3/h4-6,9,15H,7H2,1-3H3,(H,14,16). The minimum absolute atomic E-state index is 0.0174. The Hall–Kier alpha value is -1.22. The molecule has 0 aromatic heterocycles. The summed E-state index contributed by atoms with van der Waals surface area (Å²) in [6.45, 7) is 3.91. The van der Waals surface area contributed by atoms with Crippen molar-refractivity contribution in [3.63, 3.8) is 0 Å². The largest absolute Gasteiger partial charge is 0.381 e.